The van der Waals surface area contributed by atoms with E-state index in [-0.39, 0.29) is 0 Å². The van der Waals surface area contributed by atoms with Gasteiger partial charge in [0, 0.05) is 16.5 Å². The average Bonchev–Trinajstić information content (AvgIpc) is 3.39. The Kier molecular flexibility index (Phi) is 4.99. The van der Waals surface area contributed by atoms with Crippen LogP contribution >= 0.6 is 11.3 Å². The maximum atomic E-state index is 5.50. The van der Waals surface area contributed by atoms with Crippen LogP contribution in [0.1, 0.15) is 11.3 Å². The van der Waals surface area contributed by atoms with Gasteiger partial charge in [0.2, 0.25) is 6.79 Å². The number of rotatable bonds is 5. The van der Waals surface area contributed by atoms with E-state index in [2.05, 4.69) is 41.8 Å². The second-order valence-electron chi connectivity index (χ2n) is 7.55. The van der Waals surface area contributed by atoms with Crippen LogP contribution < -0.4 is 19.3 Å². The quantitative estimate of drug-likeness (QED) is 0.678. The highest BCUT2D eigenvalue weighted by Gasteiger charge is 2.24. The van der Waals surface area contributed by atoms with Gasteiger partial charge in [0.25, 0.3) is 0 Å². The van der Waals surface area contributed by atoms with E-state index in [1.54, 1.807) is 21.1 Å². The van der Waals surface area contributed by atoms with E-state index >= 15 is 0 Å². The van der Waals surface area contributed by atoms with Gasteiger partial charge in [-0.25, -0.2) is 4.98 Å². The highest BCUT2D eigenvalue weighted by atomic mass is 32.1. The summed E-state index contributed by atoms with van der Waals surface area (Å²) in [4.78, 5) is 8.14. The van der Waals surface area contributed by atoms with Gasteiger partial charge in [0.15, 0.2) is 11.5 Å². The van der Waals surface area contributed by atoms with E-state index in [1.165, 1.54) is 43.0 Å². The predicted molar refractivity (Wildman–Crippen MR) is 109 cm³/mol. The highest BCUT2D eigenvalue weighted by Crippen LogP contribution is 2.32. The van der Waals surface area contributed by atoms with Gasteiger partial charge < -0.3 is 19.3 Å². The molecule has 0 radical (unpaired) electrons. The molecule has 0 spiro atoms. The van der Waals surface area contributed by atoms with Crippen LogP contribution in [0.15, 0.2) is 53.9 Å². The molecule has 3 aromatic rings. The molecule has 28 heavy (non-hydrogen) atoms. The summed E-state index contributed by atoms with van der Waals surface area (Å²) < 4.78 is 10.9. The number of quaternary nitrogens is 2. The van der Waals surface area contributed by atoms with Crippen LogP contribution in [0.25, 0.3) is 10.6 Å². The zero-order chi connectivity index (χ0) is 18.8. The molecule has 2 aliphatic rings. The van der Waals surface area contributed by atoms with Crippen LogP contribution in [0.4, 0.5) is 0 Å². The van der Waals surface area contributed by atoms with Crippen LogP contribution in [0.5, 0.6) is 11.5 Å². The molecule has 144 valence electrons. The summed E-state index contributed by atoms with van der Waals surface area (Å²) in [6.07, 6.45) is 0. The molecule has 0 amide bonds. The third kappa shape index (κ3) is 3.90. The number of nitrogens with one attached hydrogen (secondary N) is 2. The topological polar surface area (TPSA) is 40.2 Å². The Bertz CT molecular complexity index is 936. The maximum absolute atomic E-state index is 5.50. The summed E-state index contributed by atoms with van der Waals surface area (Å²) in [5, 5.41) is 3.35. The molecule has 3 heterocycles. The van der Waals surface area contributed by atoms with Crippen molar-refractivity contribution in [3.05, 3.63) is 65.2 Å². The molecule has 1 saturated heterocycles. The number of hydrogen-bond donors (Lipinski definition) is 2. The molecule has 1 aromatic heterocycles. The summed E-state index contributed by atoms with van der Waals surface area (Å²) >= 11 is 1.75. The smallest absolute Gasteiger partial charge is 0.231 e. The summed E-state index contributed by atoms with van der Waals surface area (Å²) in [6.45, 7) is 7.20. The molecule has 5 rings (SSSR count). The number of hydrogen-bond acceptors (Lipinski definition) is 4. The third-order valence-electron chi connectivity index (χ3n) is 5.56. The predicted octanol–water partition coefficient (Wildman–Crippen LogP) is 1.02. The second kappa shape index (κ2) is 7.91. The molecule has 2 N–H and O–H groups in total. The monoisotopic (exact) mass is 395 g/mol. The number of thiazole rings is 1. The van der Waals surface area contributed by atoms with Crippen LogP contribution in [-0.4, -0.2) is 38.0 Å². The van der Waals surface area contributed by atoms with Crippen molar-refractivity contribution in [3.8, 4) is 22.1 Å². The SMILES string of the molecule is c1ccc(-c2nc(C[NH+]3CC[NH+](Cc4ccc5c(c4)OCO5)CC3)cs2)cc1. The molecule has 2 aromatic carbocycles. The van der Waals surface area contributed by atoms with Crippen molar-refractivity contribution >= 4 is 11.3 Å². The fourth-order valence-corrected chi connectivity index (χ4v) is 4.83. The lowest BCUT2D eigenvalue weighted by atomic mass is 10.1. The fourth-order valence-electron chi connectivity index (χ4n) is 4.01. The second-order valence-corrected chi connectivity index (χ2v) is 8.41. The van der Waals surface area contributed by atoms with E-state index in [0.29, 0.717) is 6.79 Å². The fraction of sp³-hybridized carbons (Fsp3) is 0.318. The summed E-state index contributed by atoms with van der Waals surface area (Å²) in [5.41, 5.74) is 3.76. The number of ether oxygens (including phenoxy) is 2. The van der Waals surface area contributed by atoms with Gasteiger partial charge in [-0.3, -0.25) is 0 Å². The molecule has 0 atom stereocenters. The van der Waals surface area contributed by atoms with Gasteiger partial charge in [-0.2, -0.15) is 0 Å². The van der Waals surface area contributed by atoms with Crippen LogP contribution in [0.2, 0.25) is 0 Å². The first-order valence-electron chi connectivity index (χ1n) is 9.89. The van der Waals surface area contributed by atoms with Crippen molar-refractivity contribution in [2.45, 2.75) is 13.1 Å². The molecule has 0 saturated carbocycles. The lowest BCUT2D eigenvalue weighted by Gasteiger charge is -2.29. The third-order valence-corrected chi connectivity index (χ3v) is 6.50. The number of fused-ring (bicyclic) bond motifs is 1. The highest BCUT2D eigenvalue weighted by molar-refractivity contribution is 7.13. The molecule has 2 aliphatic heterocycles. The minimum atomic E-state index is 0.344. The van der Waals surface area contributed by atoms with Crippen molar-refractivity contribution in [1.29, 1.82) is 0 Å². The normalized spacial score (nSPS) is 21.0. The van der Waals surface area contributed by atoms with Crippen molar-refractivity contribution in [1.82, 2.24) is 4.98 Å². The number of piperazine rings is 1. The Labute approximate surface area is 169 Å². The Morgan fingerprint density at radius 1 is 0.857 bits per heavy atom. The molecule has 0 unspecified atom stereocenters. The first-order chi connectivity index (χ1) is 13.8. The Morgan fingerprint density at radius 2 is 1.61 bits per heavy atom. The summed E-state index contributed by atoms with van der Waals surface area (Å²) in [5.74, 6) is 1.75. The van der Waals surface area contributed by atoms with Crippen molar-refractivity contribution in [2.24, 2.45) is 0 Å². The van der Waals surface area contributed by atoms with E-state index in [4.69, 9.17) is 14.5 Å². The number of nitrogens with zero attached hydrogens (tertiary/aromatic N) is 1. The minimum absolute atomic E-state index is 0.344. The van der Waals surface area contributed by atoms with Crippen molar-refractivity contribution in [2.75, 3.05) is 33.0 Å². The standard InChI is InChI=1S/C22H23N3O2S/c1-2-4-18(5-3-1)22-23-19(15-28-22)14-25-10-8-24(9-11-25)13-17-6-7-20-21(12-17)27-16-26-20/h1-7,12,15H,8-11,13-14,16H2/p+2. The number of aromatic nitrogens is 1. The lowest BCUT2D eigenvalue weighted by Crippen LogP contribution is -3.27. The Morgan fingerprint density at radius 3 is 2.43 bits per heavy atom. The van der Waals surface area contributed by atoms with Gasteiger partial charge in [-0.1, -0.05) is 30.3 Å². The van der Waals surface area contributed by atoms with E-state index in [1.807, 2.05) is 12.1 Å². The molecular weight excluding hydrogens is 370 g/mol. The van der Waals surface area contributed by atoms with E-state index < -0.39 is 0 Å². The molecule has 5 nitrogen and oxygen atoms in total. The first-order valence-corrected chi connectivity index (χ1v) is 10.8. The zero-order valence-corrected chi connectivity index (χ0v) is 16.6. The largest absolute Gasteiger partial charge is 0.454 e. The summed E-state index contributed by atoms with van der Waals surface area (Å²) in [6, 6.07) is 16.8. The lowest BCUT2D eigenvalue weighted by molar-refractivity contribution is -1.02. The van der Waals surface area contributed by atoms with Gasteiger partial charge in [0.05, 0.1) is 0 Å². The number of benzene rings is 2. The maximum Gasteiger partial charge on any atom is 0.231 e. The van der Waals surface area contributed by atoms with Crippen molar-refractivity contribution < 1.29 is 19.3 Å². The van der Waals surface area contributed by atoms with Crippen molar-refractivity contribution in [3.63, 3.8) is 0 Å². The van der Waals surface area contributed by atoms with Crippen LogP contribution in [0.3, 0.4) is 0 Å². The molecule has 0 aliphatic carbocycles. The van der Waals surface area contributed by atoms with Gasteiger partial charge in [-0.15, -0.1) is 11.3 Å². The van der Waals surface area contributed by atoms with Gasteiger partial charge in [0.1, 0.15) is 50.0 Å². The summed E-state index contributed by atoms with van der Waals surface area (Å²) in [7, 11) is 0. The van der Waals surface area contributed by atoms with E-state index in [9.17, 15) is 0 Å². The van der Waals surface area contributed by atoms with Crippen LogP contribution in [0, 0.1) is 0 Å². The molecule has 1 fully saturated rings. The van der Waals surface area contributed by atoms with Crippen LogP contribution in [-0.2, 0) is 13.1 Å². The minimum Gasteiger partial charge on any atom is -0.454 e. The van der Waals surface area contributed by atoms with E-state index in [0.717, 1.165) is 29.6 Å². The molecule has 0 bridgehead atoms. The molecule has 6 heteroatoms. The zero-order valence-electron chi connectivity index (χ0n) is 15.8. The Balaban J connectivity index is 1.14. The Hall–Kier alpha value is -2.41. The van der Waals surface area contributed by atoms with Gasteiger partial charge >= 0.3 is 0 Å². The first kappa shape index (κ1) is 17.7. The average molecular weight is 396 g/mol. The van der Waals surface area contributed by atoms with Gasteiger partial charge in [-0.05, 0) is 18.2 Å². The molecular formula is C22H25N3O2S+2.